The Morgan fingerprint density at radius 2 is 2.12 bits per heavy atom. The van der Waals surface area contributed by atoms with Crippen LogP contribution in [0.2, 0.25) is 0 Å². The fourth-order valence-corrected chi connectivity index (χ4v) is 4.80. The standard InChI is InChI=1S/C21H22BrN5O4S/c1-4-15(19(29)31-5-2)32-21-24-17-16(18(28)25-20(30)26(17)3)27(21)14(11-23)10-12-7-6-8-13(22)9-12/h6-9,14-15H,4-5,10H2,1-3H3,(H,25,28,30). The Balaban J connectivity index is 2.19. The van der Waals surface area contributed by atoms with Crippen LogP contribution in [0, 0.1) is 11.3 Å². The van der Waals surface area contributed by atoms with Gasteiger partial charge in [0.15, 0.2) is 16.3 Å². The highest BCUT2D eigenvalue weighted by molar-refractivity contribution is 9.10. The van der Waals surface area contributed by atoms with Crippen LogP contribution in [0.3, 0.4) is 0 Å². The second-order valence-corrected chi connectivity index (χ2v) is 9.09. The number of H-pyrrole nitrogens is 1. The SMILES string of the molecule is CCOC(=O)C(CC)Sc1nc2c(c(=O)[nH]c(=O)n2C)n1C(C#N)Cc1cccc(Br)c1. The van der Waals surface area contributed by atoms with Gasteiger partial charge in [0, 0.05) is 17.9 Å². The zero-order chi connectivity index (χ0) is 23.4. The predicted molar refractivity (Wildman–Crippen MR) is 125 cm³/mol. The molecule has 0 amide bonds. The van der Waals surface area contributed by atoms with Gasteiger partial charge in [0.1, 0.15) is 11.3 Å². The van der Waals surface area contributed by atoms with E-state index in [2.05, 4.69) is 32.0 Å². The number of nitriles is 1. The average Bonchev–Trinajstić information content (AvgIpc) is 3.14. The molecule has 1 aromatic carbocycles. The number of carbonyl (C=O) groups excluding carboxylic acids is 1. The van der Waals surface area contributed by atoms with Crippen LogP contribution in [0.4, 0.5) is 0 Å². The fourth-order valence-electron chi connectivity index (χ4n) is 3.30. The Bertz CT molecular complexity index is 1310. The Hall–Kier alpha value is -2.84. The normalized spacial score (nSPS) is 13.0. The van der Waals surface area contributed by atoms with Gasteiger partial charge < -0.3 is 4.74 Å². The number of fused-ring (bicyclic) bond motifs is 1. The maximum absolute atomic E-state index is 12.8. The molecule has 2 heterocycles. The number of aromatic nitrogens is 4. The molecule has 2 unspecified atom stereocenters. The van der Waals surface area contributed by atoms with Gasteiger partial charge in [-0.25, -0.2) is 9.78 Å². The highest BCUT2D eigenvalue weighted by Gasteiger charge is 2.28. The van der Waals surface area contributed by atoms with E-state index < -0.39 is 28.5 Å². The first-order valence-electron chi connectivity index (χ1n) is 9.99. The first kappa shape index (κ1) is 23.8. The third-order valence-electron chi connectivity index (χ3n) is 4.86. The van der Waals surface area contributed by atoms with Crippen LogP contribution < -0.4 is 11.2 Å². The van der Waals surface area contributed by atoms with E-state index >= 15 is 0 Å². The predicted octanol–water partition coefficient (Wildman–Crippen LogP) is 2.93. The van der Waals surface area contributed by atoms with Gasteiger partial charge in [-0.2, -0.15) is 5.26 Å². The van der Waals surface area contributed by atoms with Crippen LogP contribution in [-0.4, -0.2) is 36.9 Å². The minimum absolute atomic E-state index is 0.106. The summed E-state index contributed by atoms with van der Waals surface area (Å²) in [7, 11) is 1.49. The van der Waals surface area contributed by atoms with Crippen LogP contribution >= 0.6 is 27.7 Å². The van der Waals surface area contributed by atoms with Gasteiger partial charge in [-0.05, 0) is 31.0 Å². The number of halogens is 1. The molecule has 2 atom stereocenters. The number of ether oxygens (including phenoxy) is 1. The number of aromatic amines is 1. The van der Waals surface area contributed by atoms with E-state index in [-0.39, 0.29) is 17.8 Å². The molecule has 3 aromatic rings. The fraction of sp³-hybridized carbons (Fsp3) is 0.381. The number of hydrogen-bond acceptors (Lipinski definition) is 7. The number of rotatable bonds is 8. The summed E-state index contributed by atoms with van der Waals surface area (Å²) in [6.07, 6.45) is 0.762. The number of aryl methyl sites for hydroxylation is 1. The zero-order valence-electron chi connectivity index (χ0n) is 17.8. The molecule has 32 heavy (non-hydrogen) atoms. The van der Waals surface area contributed by atoms with Crippen molar-refractivity contribution in [3.05, 3.63) is 55.1 Å². The largest absolute Gasteiger partial charge is 0.465 e. The molecule has 0 radical (unpaired) electrons. The third kappa shape index (κ3) is 4.81. The van der Waals surface area contributed by atoms with Gasteiger partial charge in [0.05, 0.1) is 12.7 Å². The summed E-state index contributed by atoms with van der Waals surface area (Å²) in [5, 5.41) is 9.74. The Kier molecular flexibility index (Phi) is 7.58. The maximum Gasteiger partial charge on any atom is 0.329 e. The van der Waals surface area contributed by atoms with Crippen LogP contribution in [-0.2, 0) is 23.0 Å². The van der Waals surface area contributed by atoms with Crippen molar-refractivity contribution >= 4 is 44.8 Å². The molecule has 0 aliphatic carbocycles. The minimum atomic E-state index is -0.796. The molecule has 0 bridgehead atoms. The summed E-state index contributed by atoms with van der Waals surface area (Å²) < 4.78 is 8.75. The summed E-state index contributed by atoms with van der Waals surface area (Å²) >= 11 is 4.55. The van der Waals surface area contributed by atoms with Crippen LogP contribution in [0.5, 0.6) is 0 Å². The van der Waals surface area contributed by atoms with Crippen molar-refractivity contribution in [1.82, 2.24) is 19.1 Å². The first-order chi connectivity index (χ1) is 15.3. The van der Waals surface area contributed by atoms with Gasteiger partial charge in [0.25, 0.3) is 5.56 Å². The molecule has 0 aliphatic rings. The summed E-state index contributed by atoms with van der Waals surface area (Å²) in [4.78, 5) is 44.0. The van der Waals surface area contributed by atoms with Crippen LogP contribution in [0.15, 0.2) is 43.5 Å². The van der Waals surface area contributed by atoms with Crippen molar-refractivity contribution in [1.29, 1.82) is 5.26 Å². The molecule has 0 spiro atoms. The molecule has 9 nitrogen and oxygen atoms in total. The number of thioether (sulfide) groups is 1. The van der Waals surface area contributed by atoms with Crippen molar-refractivity contribution in [2.45, 2.75) is 43.1 Å². The molecule has 168 valence electrons. The Morgan fingerprint density at radius 1 is 1.38 bits per heavy atom. The molecular formula is C21H22BrN5O4S. The molecule has 11 heteroatoms. The number of nitrogens with one attached hydrogen (secondary N) is 1. The van der Waals surface area contributed by atoms with Gasteiger partial charge in [-0.15, -0.1) is 0 Å². The topological polar surface area (TPSA) is 123 Å². The zero-order valence-corrected chi connectivity index (χ0v) is 20.2. The van der Waals surface area contributed by atoms with Gasteiger partial charge in [-0.3, -0.25) is 23.7 Å². The lowest BCUT2D eigenvalue weighted by molar-refractivity contribution is -0.142. The second-order valence-electron chi connectivity index (χ2n) is 7.00. The maximum atomic E-state index is 12.8. The average molecular weight is 520 g/mol. The highest BCUT2D eigenvalue weighted by Crippen LogP contribution is 2.32. The van der Waals surface area contributed by atoms with E-state index in [9.17, 15) is 19.6 Å². The lowest BCUT2D eigenvalue weighted by Gasteiger charge is -2.17. The molecule has 2 aromatic heterocycles. The Labute approximate surface area is 196 Å². The molecule has 0 saturated heterocycles. The van der Waals surface area contributed by atoms with Gasteiger partial charge in [0.2, 0.25) is 0 Å². The summed E-state index contributed by atoms with van der Waals surface area (Å²) in [6.45, 7) is 3.81. The lowest BCUT2D eigenvalue weighted by atomic mass is 10.1. The molecule has 1 N–H and O–H groups in total. The molecule has 3 rings (SSSR count). The van der Waals surface area contributed by atoms with E-state index in [0.717, 1.165) is 21.8 Å². The second kappa shape index (κ2) is 10.2. The first-order valence-corrected chi connectivity index (χ1v) is 11.7. The van der Waals surface area contributed by atoms with Crippen LogP contribution in [0.25, 0.3) is 11.2 Å². The number of imidazole rings is 1. The van der Waals surface area contributed by atoms with Crippen molar-refractivity contribution < 1.29 is 9.53 Å². The number of nitrogens with zero attached hydrogens (tertiary/aromatic N) is 4. The molecular weight excluding hydrogens is 498 g/mol. The van der Waals surface area contributed by atoms with E-state index in [1.165, 1.54) is 16.2 Å². The summed E-state index contributed by atoms with van der Waals surface area (Å²) in [5.41, 5.74) is -0.116. The van der Waals surface area contributed by atoms with Crippen molar-refractivity contribution in [2.24, 2.45) is 7.05 Å². The van der Waals surface area contributed by atoms with E-state index in [1.807, 2.05) is 31.2 Å². The third-order valence-corrected chi connectivity index (χ3v) is 6.67. The lowest BCUT2D eigenvalue weighted by Crippen LogP contribution is -2.30. The highest BCUT2D eigenvalue weighted by atomic mass is 79.9. The van der Waals surface area contributed by atoms with E-state index in [1.54, 1.807) is 6.92 Å². The smallest absolute Gasteiger partial charge is 0.329 e. The molecule has 0 fully saturated rings. The minimum Gasteiger partial charge on any atom is -0.465 e. The number of benzene rings is 1. The van der Waals surface area contributed by atoms with Crippen LogP contribution in [0.1, 0.15) is 31.9 Å². The van der Waals surface area contributed by atoms with Gasteiger partial charge in [-0.1, -0.05) is 46.7 Å². The number of esters is 1. The quantitative estimate of drug-likeness (QED) is 0.358. The van der Waals surface area contributed by atoms with Crippen molar-refractivity contribution in [3.63, 3.8) is 0 Å². The van der Waals surface area contributed by atoms with Gasteiger partial charge >= 0.3 is 11.7 Å². The number of hydrogen-bond donors (Lipinski definition) is 1. The van der Waals surface area contributed by atoms with E-state index in [4.69, 9.17) is 4.74 Å². The van der Waals surface area contributed by atoms with E-state index in [0.29, 0.717) is 18.0 Å². The summed E-state index contributed by atoms with van der Waals surface area (Å²) in [6, 6.07) is 8.97. The molecule has 0 saturated carbocycles. The monoisotopic (exact) mass is 519 g/mol. The molecule has 0 aliphatic heterocycles. The van der Waals surface area contributed by atoms with Crippen molar-refractivity contribution in [2.75, 3.05) is 6.61 Å². The van der Waals surface area contributed by atoms with Crippen molar-refractivity contribution in [3.8, 4) is 6.07 Å². The summed E-state index contributed by atoms with van der Waals surface area (Å²) in [5.74, 6) is -0.401. The number of carbonyl (C=O) groups is 1. The Morgan fingerprint density at radius 3 is 2.75 bits per heavy atom.